The van der Waals surface area contributed by atoms with Gasteiger partial charge in [-0.25, -0.2) is 4.39 Å². The third-order valence-corrected chi connectivity index (χ3v) is 3.05. The second-order valence-electron chi connectivity index (χ2n) is 4.62. The van der Waals surface area contributed by atoms with Crippen molar-refractivity contribution in [2.45, 2.75) is 19.2 Å². The monoisotopic (exact) mass is 291 g/mol. The van der Waals surface area contributed by atoms with Crippen molar-refractivity contribution in [3.05, 3.63) is 35.1 Å². The minimum atomic E-state index is -4.82. The van der Waals surface area contributed by atoms with Crippen LogP contribution in [0.25, 0.3) is 0 Å². The molecule has 1 atom stereocenters. The number of ether oxygens (including phenoxy) is 1. The molecule has 1 amide bonds. The highest BCUT2D eigenvalue weighted by atomic mass is 19.4. The predicted octanol–water partition coefficient (Wildman–Crippen LogP) is 2.71. The second-order valence-corrected chi connectivity index (χ2v) is 4.62. The van der Waals surface area contributed by atoms with Crippen LogP contribution in [0.2, 0.25) is 0 Å². The first-order valence-corrected chi connectivity index (χ1v) is 6.06. The van der Waals surface area contributed by atoms with Crippen molar-refractivity contribution in [1.29, 1.82) is 0 Å². The summed E-state index contributed by atoms with van der Waals surface area (Å²) in [7, 11) is 0. The fourth-order valence-corrected chi connectivity index (χ4v) is 2.06. The lowest BCUT2D eigenvalue weighted by Gasteiger charge is -2.31. The molecule has 1 aromatic carbocycles. The Morgan fingerprint density at radius 3 is 2.70 bits per heavy atom. The van der Waals surface area contributed by atoms with Crippen LogP contribution in [0.1, 0.15) is 22.8 Å². The fraction of sp³-hybridized carbons (Fsp3) is 0.462. The molecule has 0 spiro atoms. The number of rotatable bonds is 1. The number of hydrogen-bond donors (Lipinski definition) is 0. The Hall–Kier alpha value is -1.63. The molecule has 1 aliphatic heterocycles. The number of benzene rings is 1. The minimum absolute atomic E-state index is 0.171. The van der Waals surface area contributed by atoms with Crippen molar-refractivity contribution in [3.63, 3.8) is 0 Å². The highest BCUT2D eigenvalue weighted by molar-refractivity contribution is 5.94. The molecule has 7 heteroatoms. The van der Waals surface area contributed by atoms with Crippen LogP contribution in [0.3, 0.4) is 0 Å². The van der Waals surface area contributed by atoms with Crippen molar-refractivity contribution in [1.82, 2.24) is 4.90 Å². The lowest BCUT2D eigenvalue weighted by Crippen LogP contribution is -2.44. The molecule has 3 nitrogen and oxygen atoms in total. The molecular weight excluding hydrogens is 278 g/mol. The Kier molecular flexibility index (Phi) is 3.99. The quantitative estimate of drug-likeness (QED) is 0.745. The number of amides is 1. The first-order chi connectivity index (χ1) is 9.29. The minimum Gasteiger partial charge on any atom is -0.375 e. The summed E-state index contributed by atoms with van der Waals surface area (Å²) in [4.78, 5) is 13.5. The summed E-state index contributed by atoms with van der Waals surface area (Å²) in [6.07, 6.45) is -4.99. The van der Waals surface area contributed by atoms with E-state index < -0.39 is 23.5 Å². The molecule has 1 saturated heterocycles. The highest BCUT2D eigenvalue weighted by Crippen LogP contribution is 2.32. The van der Waals surface area contributed by atoms with E-state index in [1.165, 1.54) is 4.90 Å². The van der Waals surface area contributed by atoms with Crippen LogP contribution < -0.4 is 0 Å². The molecule has 0 N–H and O–H groups in total. The molecule has 1 heterocycles. The number of hydrogen-bond acceptors (Lipinski definition) is 2. The molecule has 1 aliphatic rings. The van der Waals surface area contributed by atoms with Gasteiger partial charge in [-0.05, 0) is 25.1 Å². The average molecular weight is 291 g/mol. The lowest BCUT2D eigenvalue weighted by molar-refractivity contribution is -0.140. The first-order valence-electron chi connectivity index (χ1n) is 6.06. The van der Waals surface area contributed by atoms with Gasteiger partial charge in [-0.2, -0.15) is 13.2 Å². The molecule has 20 heavy (non-hydrogen) atoms. The van der Waals surface area contributed by atoms with Gasteiger partial charge in [0.15, 0.2) is 0 Å². The standard InChI is InChI=1S/C13H13F4NO2/c1-8-7-18(4-5-20-8)12(19)9-2-3-11(14)10(6-9)13(15,16)17/h2-3,6,8H,4-5,7H2,1H3. The maximum atomic E-state index is 13.2. The summed E-state index contributed by atoms with van der Waals surface area (Å²) >= 11 is 0. The van der Waals surface area contributed by atoms with Crippen LogP contribution in [-0.2, 0) is 10.9 Å². The number of alkyl halides is 3. The van der Waals surface area contributed by atoms with Gasteiger partial charge < -0.3 is 9.64 Å². The van der Waals surface area contributed by atoms with Crippen molar-refractivity contribution < 1.29 is 27.1 Å². The number of nitrogens with zero attached hydrogens (tertiary/aromatic N) is 1. The Morgan fingerprint density at radius 2 is 2.10 bits per heavy atom. The molecule has 1 fully saturated rings. The number of carbonyl (C=O) groups excluding carboxylic acids is 1. The fourth-order valence-electron chi connectivity index (χ4n) is 2.06. The predicted molar refractivity (Wildman–Crippen MR) is 62.7 cm³/mol. The summed E-state index contributed by atoms with van der Waals surface area (Å²) < 4.78 is 56.3. The molecular formula is C13H13F4NO2. The van der Waals surface area contributed by atoms with Crippen LogP contribution >= 0.6 is 0 Å². The van der Waals surface area contributed by atoms with Gasteiger partial charge in [0.1, 0.15) is 5.82 Å². The molecule has 2 rings (SSSR count). The van der Waals surface area contributed by atoms with Crippen LogP contribution in [0.15, 0.2) is 18.2 Å². The van der Waals surface area contributed by atoms with E-state index >= 15 is 0 Å². The van der Waals surface area contributed by atoms with Crippen LogP contribution in [-0.4, -0.2) is 36.6 Å². The van der Waals surface area contributed by atoms with Gasteiger partial charge in [0, 0.05) is 18.7 Å². The van der Waals surface area contributed by atoms with Gasteiger partial charge in [-0.3, -0.25) is 4.79 Å². The van der Waals surface area contributed by atoms with Gasteiger partial charge in [-0.15, -0.1) is 0 Å². The normalized spacial score (nSPS) is 20.1. The SMILES string of the molecule is CC1CN(C(=O)c2ccc(F)c(C(F)(F)F)c2)CCO1. The van der Waals surface area contributed by atoms with Crippen molar-refractivity contribution in [3.8, 4) is 0 Å². The summed E-state index contributed by atoms with van der Waals surface area (Å²) in [6.45, 7) is 2.71. The zero-order valence-electron chi connectivity index (χ0n) is 10.7. The van der Waals surface area contributed by atoms with Gasteiger partial charge in [0.25, 0.3) is 5.91 Å². The summed E-state index contributed by atoms with van der Waals surface area (Å²) in [5.74, 6) is -1.94. The van der Waals surface area contributed by atoms with E-state index in [4.69, 9.17) is 4.74 Å². The van der Waals surface area contributed by atoms with Crippen molar-refractivity contribution in [2.75, 3.05) is 19.7 Å². The van der Waals surface area contributed by atoms with E-state index in [-0.39, 0.29) is 11.7 Å². The zero-order chi connectivity index (χ0) is 14.9. The van der Waals surface area contributed by atoms with E-state index in [0.717, 1.165) is 6.07 Å². The lowest BCUT2D eigenvalue weighted by atomic mass is 10.1. The van der Waals surface area contributed by atoms with E-state index in [0.29, 0.717) is 31.8 Å². The summed E-state index contributed by atoms with van der Waals surface area (Å²) in [5, 5.41) is 0. The van der Waals surface area contributed by atoms with Gasteiger partial charge >= 0.3 is 6.18 Å². The average Bonchev–Trinajstić information content (AvgIpc) is 2.37. The third kappa shape index (κ3) is 3.09. The number of morpholine rings is 1. The maximum Gasteiger partial charge on any atom is 0.419 e. The second kappa shape index (κ2) is 5.40. The summed E-state index contributed by atoms with van der Waals surface area (Å²) in [6, 6.07) is 2.28. The largest absolute Gasteiger partial charge is 0.419 e. The van der Waals surface area contributed by atoms with E-state index in [9.17, 15) is 22.4 Å². The Bertz CT molecular complexity index is 516. The summed E-state index contributed by atoms with van der Waals surface area (Å²) in [5.41, 5.74) is -1.60. The Labute approximate surface area is 113 Å². The van der Waals surface area contributed by atoms with Gasteiger partial charge in [-0.1, -0.05) is 0 Å². The highest BCUT2D eigenvalue weighted by Gasteiger charge is 2.35. The van der Waals surface area contributed by atoms with E-state index in [1.54, 1.807) is 6.92 Å². The maximum absolute atomic E-state index is 13.2. The molecule has 0 aliphatic carbocycles. The van der Waals surface area contributed by atoms with Crippen molar-refractivity contribution >= 4 is 5.91 Å². The van der Waals surface area contributed by atoms with Crippen LogP contribution in [0, 0.1) is 5.82 Å². The number of carbonyl (C=O) groups is 1. The first kappa shape index (κ1) is 14.8. The molecule has 1 aromatic rings. The van der Waals surface area contributed by atoms with Crippen molar-refractivity contribution in [2.24, 2.45) is 0 Å². The molecule has 1 unspecified atom stereocenters. The van der Waals surface area contributed by atoms with Gasteiger partial charge in [0.05, 0.1) is 18.3 Å². The molecule has 0 aromatic heterocycles. The molecule has 0 radical (unpaired) electrons. The topological polar surface area (TPSA) is 29.5 Å². The number of halogens is 4. The van der Waals surface area contributed by atoms with E-state index in [2.05, 4.69) is 0 Å². The Balaban J connectivity index is 2.26. The van der Waals surface area contributed by atoms with Crippen LogP contribution in [0.5, 0.6) is 0 Å². The Morgan fingerprint density at radius 1 is 1.40 bits per heavy atom. The molecule has 0 saturated carbocycles. The van der Waals surface area contributed by atoms with Crippen LogP contribution in [0.4, 0.5) is 17.6 Å². The molecule has 110 valence electrons. The molecule has 0 bridgehead atoms. The van der Waals surface area contributed by atoms with E-state index in [1.807, 2.05) is 0 Å². The third-order valence-electron chi connectivity index (χ3n) is 3.05. The van der Waals surface area contributed by atoms with Gasteiger partial charge in [0.2, 0.25) is 0 Å². The smallest absolute Gasteiger partial charge is 0.375 e. The zero-order valence-corrected chi connectivity index (χ0v) is 10.7.